The maximum Gasteiger partial charge on any atom is 0.230 e. The topological polar surface area (TPSA) is 55.1 Å². The van der Waals surface area contributed by atoms with E-state index in [2.05, 4.69) is 5.32 Å². The molecule has 0 heterocycles. The van der Waals surface area contributed by atoms with Crippen LogP contribution >= 0.6 is 11.8 Å². The molecular formula is C14H20N2OS. The fourth-order valence-electron chi connectivity index (χ4n) is 2.42. The zero-order valence-electron chi connectivity index (χ0n) is 10.5. The molecule has 4 heteroatoms. The first-order valence-corrected chi connectivity index (χ1v) is 7.45. The Kier molecular flexibility index (Phi) is 5.08. The van der Waals surface area contributed by atoms with Gasteiger partial charge in [0.25, 0.3) is 0 Å². The van der Waals surface area contributed by atoms with Crippen molar-refractivity contribution >= 4 is 17.7 Å². The van der Waals surface area contributed by atoms with Gasteiger partial charge in [-0.1, -0.05) is 24.6 Å². The van der Waals surface area contributed by atoms with Gasteiger partial charge in [0, 0.05) is 10.9 Å². The summed E-state index contributed by atoms with van der Waals surface area (Å²) in [6, 6.07) is 10.3. The van der Waals surface area contributed by atoms with Gasteiger partial charge in [-0.05, 0) is 37.4 Å². The van der Waals surface area contributed by atoms with Crippen molar-refractivity contribution in [3.63, 3.8) is 0 Å². The predicted octanol–water partition coefficient (Wildman–Crippen LogP) is 2.02. The SMILES string of the molecule is NCC1CCCC1NC(=O)CSc1ccccc1. The average Bonchev–Trinajstić information content (AvgIpc) is 2.85. The van der Waals surface area contributed by atoms with E-state index in [1.165, 1.54) is 6.42 Å². The van der Waals surface area contributed by atoms with E-state index in [0.29, 0.717) is 24.3 Å². The van der Waals surface area contributed by atoms with E-state index in [1.807, 2.05) is 30.3 Å². The maximum absolute atomic E-state index is 11.9. The lowest BCUT2D eigenvalue weighted by Crippen LogP contribution is -2.40. The molecule has 2 rings (SSSR count). The van der Waals surface area contributed by atoms with Gasteiger partial charge in [0.2, 0.25) is 5.91 Å². The van der Waals surface area contributed by atoms with Crippen LogP contribution in [0.2, 0.25) is 0 Å². The van der Waals surface area contributed by atoms with Crippen LogP contribution in [0.1, 0.15) is 19.3 Å². The molecule has 2 atom stereocenters. The molecule has 3 N–H and O–H groups in total. The zero-order chi connectivity index (χ0) is 12.8. The highest BCUT2D eigenvalue weighted by molar-refractivity contribution is 8.00. The number of hydrogen-bond acceptors (Lipinski definition) is 3. The van der Waals surface area contributed by atoms with Gasteiger partial charge in [-0.2, -0.15) is 0 Å². The zero-order valence-corrected chi connectivity index (χ0v) is 11.3. The summed E-state index contributed by atoms with van der Waals surface area (Å²) in [6.45, 7) is 0.677. The third kappa shape index (κ3) is 3.75. The second-order valence-corrected chi connectivity index (χ2v) is 5.75. The Labute approximate surface area is 113 Å². The van der Waals surface area contributed by atoms with Gasteiger partial charge in [0.15, 0.2) is 0 Å². The Morgan fingerprint density at radius 2 is 2.11 bits per heavy atom. The van der Waals surface area contributed by atoms with Crippen molar-refractivity contribution < 1.29 is 4.79 Å². The van der Waals surface area contributed by atoms with Crippen molar-refractivity contribution in [2.75, 3.05) is 12.3 Å². The summed E-state index contributed by atoms with van der Waals surface area (Å²) in [5, 5.41) is 3.11. The van der Waals surface area contributed by atoms with E-state index in [0.717, 1.165) is 17.7 Å². The molecule has 1 saturated carbocycles. The standard InChI is InChI=1S/C14H20N2OS/c15-9-11-5-4-8-13(11)16-14(17)10-18-12-6-2-1-3-7-12/h1-3,6-7,11,13H,4-5,8-10,15H2,(H,16,17). The van der Waals surface area contributed by atoms with Crippen molar-refractivity contribution in [1.82, 2.24) is 5.32 Å². The fraction of sp³-hybridized carbons (Fsp3) is 0.500. The molecule has 1 amide bonds. The van der Waals surface area contributed by atoms with E-state index in [9.17, 15) is 4.79 Å². The molecule has 0 aromatic heterocycles. The Morgan fingerprint density at radius 1 is 1.33 bits per heavy atom. The van der Waals surface area contributed by atoms with Crippen LogP contribution in [-0.4, -0.2) is 24.2 Å². The third-order valence-electron chi connectivity index (χ3n) is 3.42. The van der Waals surface area contributed by atoms with Gasteiger partial charge in [-0.15, -0.1) is 11.8 Å². The predicted molar refractivity (Wildman–Crippen MR) is 75.5 cm³/mol. The lowest BCUT2D eigenvalue weighted by Gasteiger charge is -2.19. The van der Waals surface area contributed by atoms with E-state index < -0.39 is 0 Å². The first kappa shape index (κ1) is 13.4. The van der Waals surface area contributed by atoms with E-state index in [4.69, 9.17) is 5.73 Å². The van der Waals surface area contributed by atoms with Crippen LogP contribution in [0.3, 0.4) is 0 Å². The number of nitrogens with one attached hydrogen (secondary N) is 1. The minimum Gasteiger partial charge on any atom is -0.352 e. The summed E-state index contributed by atoms with van der Waals surface area (Å²) < 4.78 is 0. The first-order valence-electron chi connectivity index (χ1n) is 6.47. The highest BCUT2D eigenvalue weighted by Gasteiger charge is 2.27. The normalized spacial score (nSPS) is 22.9. The monoisotopic (exact) mass is 264 g/mol. The highest BCUT2D eigenvalue weighted by Crippen LogP contribution is 2.25. The summed E-state index contributed by atoms with van der Waals surface area (Å²) in [7, 11) is 0. The Hall–Kier alpha value is -1.00. The summed E-state index contributed by atoms with van der Waals surface area (Å²) in [4.78, 5) is 13.0. The van der Waals surface area contributed by atoms with Crippen LogP contribution in [0.15, 0.2) is 35.2 Å². The number of carbonyl (C=O) groups is 1. The van der Waals surface area contributed by atoms with Crippen LogP contribution in [0.25, 0.3) is 0 Å². The number of hydrogen-bond donors (Lipinski definition) is 2. The molecule has 0 radical (unpaired) electrons. The van der Waals surface area contributed by atoms with Crippen LogP contribution in [0, 0.1) is 5.92 Å². The Balaban J connectivity index is 1.75. The van der Waals surface area contributed by atoms with Crippen LogP contribution in [0.4, 0.5) is 0 Å². The molecular weight excluding hydrogens is 244 g/mol. The third-order valence-corrected chi connectivity index (χ3v) is 4.43. The van der Waals surface area contributed by atoms with Crippen LogP contribution < -0.4 is 11.1 Å². The average molecular weight is 264 g/mol. The molecule has 1 fully saturated rings. The van der Waals surface area contributed by atoms with Gasteiger partial charge >= 0.3 is 0 Å². The summed E-state index contributed by atoms with van der Waals surface area (Å²) in [6.07, 6.45) is 3.40. The van der Waals surface area contributed by atoms with Gasteiger partial charge in [0.1, 0.15) is 0 Å². The number of rotatable bonds is 5. The Morgan fingerprint density at radius 3 is 2.83 bits per heavy atom. The Bertz CT molecular complexity index is 383. The van der Waals surface area contributed by atoms with Crippen molar-refractivity contribution in [2.24, 2.45) is 11.7 Å². The van der Waals surface area contributed by atoms with E-state index in [-0.39, 0.29) is 5.91 Å². The minimum atomic E-state index is 0.120. The van der Waals surface area contributed by atoms with E-state index >= 15 is 0 Å². The first-order chi connectivity index (χ1) is 8.79. The van der Waals surface area contributed by atoms with E-state index in [1.54, 1.807) is 11.8 Å². The molecule has 98 valence electrons. The van der Waals surface area contributed by atoms with Crippen LogP contribution in [0.5, 0.6) is 0 Å². The highest BCUT2D eigenvalue weighted by atomic mass is 32.2. The smallest absolute Gasteiger partial charge is 0.230 e. The lowest BCUT2D eigenvalue weighted by molar-refractivity contribution is -0.119. The number of thioether (sulfide) groups is 1. The lowest BCUT2D eigenvalue weighted by atomic mass is 10.0. The molecule has 0 saturated heterocycles. The van der Waals surface area contributed by atoms with Gasteiger partial charge in [-0.25, -0.2) is 0 Å². The molecule has 0 bridgehead atoms. The summed E-state index contributed by atoms with van der Waals surface area (Å²) in [5.74, 6) is 1.07. The second-order valence-electron chi connectivity index (χ2n) is 4.70. The van der Waals surface area contributed by atoms with Gasteiger partial charge in [-0.3, -0.25) is 4.79 Å². The minimum absolute atomic E-state index is 0.120. The van der Waals surface area contributed by atoms with Crippen molar-refractivity contribution in [3.05, 3.63) is 30.3 Å². The summed E-state index contributed by atoms with van der Waals surface area (Å²) in [5.41, 5.74) is 5.71. The van der Waals surface area contributed by atoms with Crippen molar-refractivity contribution in [1.29, 1.82) is 0 Å². The number of benzene rings is 1. The molecule has 18 heavy (non-hydrogen) atoms. The van der Waals surface area contributed by atoms with Crippen LogP contribution in [-0.2, 0) is 4.79 Å². The van der Waals surface area contributed by atoms with Crippen molar-refractivity contribution in [2.45, 2.75) is 30.2 Å². The molecule has 1 aliphatic rings. The largest absolute Gasteiger partial charge is 0.352 e. The fourth-order valence-corrected chi connectivity index (χ4v) is 3.15. The molecule has 0 spiro atoms. The number of carbonyl (C=O) groups excluding carboxylic acids is 1. The second kappa shape index (κ2) is 6.81. The van der Waals surface area contributed by atoms with Gasteiger partial charge < -0.3 is 11.1 Å². The molecule has 0 aliphatic heterocycles. The molecule has 2 unspecified atom stereocenters. The number of amides is 1. The quantitative estimate of drug-likeness (QED) is 0.800. The van der Waals surface area contributed by atoms with Crippen molar-refractivity contribution in [3.8, 4) is 0 Å². The molecule has 1 aliphatic carbocycles. The summed E-state index contributed by atoms with van der Waals surface area (Å²) >= 11 is 1.58. The molecule has 1 aromatic rings. The molecule has 3 nitrogen and oxygen atoms in total. The van der Waals surface area contributed by atoms with Gasteiger partial charge in [0.05, 0.1) is 5.75 Å². The molecule has 1 aromatic carbocycles. The number of nitrogens with two attached hydrogens (primary N) is 1. The maximum atomic E-state index is 11.9.